The molecule has 0 spiro atoms. The van der Waals surface area contributed by atoms with Gasteiger partial charge in [0.1, 0.15) is 0 Å². The maximum Gasteiger partial charge on any atom is 0.0536 e. The van der Waals surface area contributed by atoms with Crippen molar-refractivity contribution in [3.8, 4) is 0 Å². The molecule has 0 radical (unpaired) electrons. The lowest BCUT2D eigenvalue weighted by Gasteiger charge is -2.34. The molecule has 0 fully saturated rings. The van der Waals surface area contributed by atoms with Crippen LogP contribution in [0.2, 0.25) is 0 Å². The van der Waals surface area contributed by atoms with E-state index in [2.05, 4.69) is 156 Å². The van der Waals surface area contributed by atoms with Crippen molar-refractivity contribution in [1.82, 2.24) is 10.9 Å². The number of hydrogen-bond donors (Lipinski definition) is 2. The van der Waals surface area contributed by atoms with Crippen LogP contribution in [0.3, 0.4) is 0 Å². The van der Waals surface area contributed by atoms with Gasteiger partial charge in [-0.25, -0.2) is 10.9 Å². The molecule has 2 atom stereocenters. The van der Waals surface area contributed by atoms with Crippen LogP contribution in [0.5, 0.6) is 0 Å². The van der Waals surface area contributed by atoms with Gasteiger partial charge in [-0.2, -0.15) is 0 Å². The van der Waals surface area contributed by atoms with Gasteiger partial charge in [-0.3, -0.25) is 0 Å². The number of benzene rings is 4. The fourth-order valence-corrected chi connectivity index (χ4v) is 4.05. The van der Waals surface area contributed by atoms with Crippen LogP contribution in [0.4, 0.5) is 11.4 Å². The summed E-state index contributed by atoms with van der Waals surface area (Å²) in [4.78, 5) is 0. The van der Waals surface area contributed by atoms with Gasteiger partial charge in [0.2, 0.25) is 0 Å². The summed E-state index contributed by atoms with van der Waals surface area (Å²) in [6, 6.07) is 42.6. The van der Waals surface area contributed by atoms with Gasteiger partial charge in [-0.15, -0.1) is 0 Å². The van der Waals surface area contributed by atoms with E-state index in [1.54, 1.807) is 0 Å². The van der Waals surface area contributed by atoms with E-state index >= 15 is 0 Å². The minimum absolute atomic E-state index is 0.183. The molecule has 4 aromatic rings. The topological polar surface area (TPSA) is 30.5 Å². The molecular formula is C30H34N4. The van der Waals surface area contributed by atoms with Gasteiger partial charge in [0, 0.05) is 12.1 Å². The highest BCUT2D eigenvalue weighted by Gasteiger charge is 2.16. The molecule has 4 nitrogen and oxygen atoms in total. The summed E-state index contributed by atoms with van der Waals surface area (Å²) >= 11 is 0. The van der Waals surface area contributed by atoms with Gasteiger partial charge >= 0.3 is 0 Å². The second-order valence-corrected chi connectivity index (χ2v) is 8.50. The van der Waals surface area contributed by atoms with Crippen molar-refractivity contribution >= 4 is 11.4 Å². The predicted molar refractivity (Wildman–Crippen MR) is 144 cm³/mol. The van der Waals surface area contributed by atoms with Crippen molar-refractivity contribution in [2.75, 3.05) is 23.1 Å². The van der Waals surface area contributed by atoms with Gasteiger partial charge in [0.25, 0.3) is 0 Å². The van der Waals surface area contributed by atoms with E-state index in [4.69, 9.17) is 0 Å². The largest absolute Gasteiger partial charge is 0.306 e. The summed E-state index contributed by atoms with van der Waals surface area (Å²) in [6.45, 7) is 6.00. The molecule has 0 amide bonds. The normalized spacial score (nSPS) is 12.6. The zero-order valence-corrected chi connectivity index (χ0v) is 20.0. The summed E-state index contributed by atoms with van der Waals surface area (Å²) in [7, 11) is 0. The highest BCUT2D eigenvalue weighted by Crippen LogP contribution is 2.20. The number of anilines is 2. The molecule has 174 valence electrons. The Kier molecular flexibility index (Phi) is 8.33. The number of hydrogen-bond acceptors (Lipinski definition) is 4. The Morgan fingerprint density at radius 2 is 0.765 bits per heavy atom. The van der Waals surface area contributed by atoms with Crippen LogP contribution >= 0.6 is 0 Å². The second kappa shape index (κ2) is 12.0. The molecule has 0 aliphatic heterocycles. The van der Waals surface area contributed by atoms with Crippen LogP contribution < -0.4 is 20.9 Å². The third-order valence-corrected chi connectivity index (χ3v) is 5.98. The maximum absolute atomic E-state index is 3.72. The van der Waals surface area contributed by atoms with Gasteiger partial charge in [-0.05, 0) is 49.2 Å². The first-order valence-corrected chi connectivity index (χ1v) is 12.0. The van der Waals surface area contributed by atoms with Crippen molar-refractivity contribution < 1.29 is 0 Å². The molecule has 0 bridgehead atoms. The fourth-order valence-electron chi connectivity index (χ4n) is 4.05. The van der Waals surface area contributed by atoms with Gasteiger partial charge in [0.15, 0.2) is 0 Å². The Balaban J connectivity index is 1.52. The van der Waals surface area contributed by atoms with Crippen molar-refractivity contribution in [1.29, 1.82) is 0 Å². The third-order valence-electron chi connectivity index (χ3n) is 5.98. The molecule has 0 heterocycles. The summed E-state index contributed by atoms with van der Waals surface area (Å²) in [6.07, 6.45) is 0. The molecule has 0 aliphatic carbocycles. The van der Waals surface area contributed by atoms with Gasteiger partial charge in [0.05, 0.1) is 24.5 Å². The molecular weight excluding hydrogens is 416 g/mol. The lowest BCUT2D eigenvalue weighted by Crippen LogP contribution is -2.48. The molecule has 0 aliphatic rings. The highest BCUT2D eigenvalue weighted by atomic mass is 15.6. The zero-order chi connectivity index (χ0) is 23.6. The summed E-state index contributed by atoms with van der Waals surface area (Å²) in [5.41, 5.74) is 12.3. The number of hydrazine groups is 2. The molecule has 2 unspecified atom stereocenters. The van der Waals surface area contributed by atoms with Gasteiger partial charge in [-0.1, -0.05) is 97.1 Å². The number of nitrogens with zero attached hydrogens (tertiary/aromatic N) is 2. The molecule has 34 heavy (non-hydrogen) atoms. The Bertz CT molecular complexity index is 997. The first-order chi connectivity index (χ1) is 16.7. The van der Waals surface area contributed by atoms with Crippen LogP contribution in [0.15, 0.2) is 121 Å². The number of para-hydroxylation sites is 2. The number of nitrogens with one attached hydrogen (secondary N) is 2. The first-order valence-electron chi connectivity index (χ1n) is 12.0. The van der Waals surface area contributed by atoms with E-state index in [1.165, 1.54) is 11.1 Å². The van der Waals surface area contributed by atoms with E-state index in [0.29, 0.717) is 0 Å². The predicted octanol–water partition coefficient (Wildman–Crippen LogP) is 6.53. The molecule has 0 aromatic heterocycles. The zero-order valence-electron chi connectivity index (χ0n) is 20.0. The van der Waals surface area contributed by atoms with Crippen molar-refractivity contribution in [2.45, 2.75) is 25.9 Å². The van der Waals surface area contributed by atoms with E-state index in [9.17, 15) is 0 Å². The Morgan fingerprint density at radius 3 is 1.09 bits per heavy atom. The summed E-state index contributed by atoms with van der Waals surface area (Å²) in [5, 5.41) is 4.50. The van der Waals surface area contributed by atoms with Crippen molar-refractivity contribution in [3.63, 3.8) is 0 Å². The first kappa shape index (κ1) is 23.6. The SMILES string of the molecule is CC(NN(CCN(NC(C)c1ccccc1)c1ccccc1)c1ccccc1)c1ccccc1. The Labute approximate surface area is 203 Å². The standard InChI is InChI=1S/C30H34N4/c1-25(27-15-7-3-8-16-27)31-33(29-19-11-5-12-20-29)23-24-34(30-21-13-6-14-22-30)32-26(2)28-17-9-4-10-18-28/h3-22,25-26,31-32H,23-24H2,1-2H3. The smallest absolute Gasteiger partial charge is 0.0536 e. The summed E-state index contributed by atoms with van der Waals surface area (Å²) < 4.78 is 0. The average Bonchev–Trinajstić information content (AvgIpc) is 2.92. The minimum Gasteiger partial charge on any atom is -0.306 e. The molecule has 4 aromatic carbocycles. The lowest BCUT2D eigenvalue weighted by molar-refractivity contribution is 0.497. The Morgan fingerprint density at radius 1 is 0.471 bits per heavy atom. The van der Waals surface area contributed by atoms with Crippen molar-refractivity contribution in [2.24, 2.45) is 0 Å². The van der Waals surface area contributed by atoms with Crippen LogP contribution in [0, 0.1) is 0 Å². The van der Waals surface area contributed by atoms with Crippen LogP contribution in [-0.4, -0.2) is 13.1 Å². The van der Waals surface area contributed by atoms with E-state index in [0.717, 1.165) is 24.5 Å². The second-order valence-electron chi connectivity index (χ2n) is 8.50. The molecule has 4 heteroatoms. The van der Waals surface area contributed by atoms with Crippen LogP contribution in [0.25, 0.3) is 0 Å². The Hall–Kier alpha value is -3.60. The molecule has 2 N–H and O–H groups in total. The molecule has 0 saturated heterocycles. The van der Waals surface area contributed by atoms with E-state index in [-0.39, 0.29) is 12.1 Å². The number of rotatable bonds is 11. The van der Waals surface area contributed by atoms with E-state index < -0.39 is 0 Å². The molecule has 4 rings (SSSR count). The van der Waals surface area contributed by atoms with Gasteiger partial charge < -0.3 is 10.0 Å². The summed E-state index contributed by atoms with van der Waals surface area (Å²) in [5.74, 6) is 0. The highest BCUT2D eigenvalue weighted by molar-refractivity contribution is 5.48. The average molecular weight is 451 g/mol. The van der Waals surface area contributed by atoms with Crippen LogP contribution in [0.1, 0.15) is 37.1 Å². The van der Waals surface area contributed by atoms with E-state index in [1.807, 2.05) is 0 Å². The lowest BCUT2D eigenvalue weighted by atomic mass is 10.1. The maximum atomic E-state index is 3.72. The monoisotopic (exact) mass is 450 g/mol. The quantitative estimate of drug-likeness (QED) is 0.254. The van der Waals surface area contributed by atoms with Crippen LogP contribution in [-0.2, 0) is 0 Å². The molecule has 0 saturated carbocycles. The fraction of sp³-hybridized carbons (Fsp3) is 0.200. The third kappa shape index (κ3) is 6.47. The van der Waals surface area contributed by atoms with Crippen molar-refractivity contribution in [3.05, 3.63) is 132 Å². The minimum atomic E-state index is 0.183.